The van der Waals surface area contributed by atoms with Gasteiger partial charge in [-0.25, -0.2) is 0 Å². The highest BCUT2D eigenvalue weighted by atomic mass is 16.3. The number of hydrogen-bond donors (Lipinski definition) is 5. The molecule has 0 saturated carbocycles. The summed E-state index contributed by atoms with van der Waals surface area (Å²) < 4.78 is 0. The predicted octanol–water partition coefficient (Wildman–Crippen LogP) is -2.20. The van der Waals surface area contributed by atoms with Gasteiger partial charge in [0.1, 0.15) is 6.10 Å². The Morgan fingerprint density at radius 3 is 1.70 bits per heavy atom. The Morgan fingerprint density at radius 1 is 1.40 bits per heavy atom. The molecule has 6 N–H and O–H groups in total. The van der Waals surface area contributed by atoms with Gasteiger partial charge in [0.15, 0.2) is 0 Å². The fourth-order valence-electron chi connectivity index (χ4n) is 0.0577. The van der Waals surface area contributed by atoms with E-state index in [9.17, 15) is 0 Å². The molecule has 0 aliphatic carbocycles. The van der Waals surface area contributed by atoms with E-state index in [-0.39, 0.29) is 13.2 Å². The molecule has 0 unspecified atom stereocenters. The van der Waals surface area contributed by atoms with Crippen LogP contribution in [0.15, 0.2) is 0 Å². The number of aliphatic hydroxyl groups excluding tert-OH is 3. The Labute approximate surface area is 60.4 Å². The number of rotatable bonds is 3. The molecule has 64 valence electrons. The van der Waals surface area contributed by atoms with Crippen molar-refractivity contribution in [3.8, 4) is 0 Å². The highest BCUT2D eigenvalue weighted by molar-refractivity contribution is 4.43. The lowest BCUT2D eigenvalue weighted by atomic mass is 10.4. The minimum Gasteiger partial charge on any atom is -0.394 e. The Kier molecular flexibility index (Phi) is 14.4. The predicted molar refractivity (Wildman–Crippen MR) is 38.0 cm³/mol. The van der Waals surface area contributed by atoms with Crippen molar-refractivity contribution in [1.29, 1.82) is 0 Å². The zero-order valence-corrected chi connectivity index (χ0v) is 6.12. The minimum absolute atomic E-state index is 0.365. The Balaban J connectivity index is 0. The van der Waals surface area contributed by atoms with Gasteiger partial charge in [0, 0.05) is 6.54 Å². The van der Waals surface area contributed by atoms with Crippen LogP contribution in [0.25, 0.3) is 0 Å². The zero-order chi connectivity index (χ0) is 8.41. The first-order chi connectivity index (χ1) is 4.72. The third kappa shape index (κ3) is 15.7. The van der Waals surface area contributed by atoms with Crippen LogP contribution in [0.5, 0.6) is 0 Å². The molecule has 0 radical (unpaired) electrons. The molecule has 0 aromatic carbocycles. The molecule has 0 spiro atoms. The van der Waals surface area contributed by atoms with Crippen molar-refractivity contribution < 1.29 is 15.3 Å². The quantitative estimate of drug-likeness (QED) is 0.233. The van der Waals surface area contributed by atoms with E-state index >= 15 is 0 Å². The van der Waals surface area contributed by atoms with Crippen LogP contribution < -0.4 is 11.3 Å². The van der Waals surface area contributed by atoms with Gasteiger partial charge in [0.2, 0.25) is 0 Å². The Hall–Kier alpha value is -0.200. The molecule has 10 heavy (non-hydrogen) atoms. The van der Waals surface area contributed by atoms with Gasteiger partial charge in [-0.2, -0.15) is 0 Å². The maximum atomic E-state index is 8.17. The van der Waals surface area contributed by atoms with E-state index in [1.165, 1.54) is 0 Å². The molecule has 0 saturated heterocycles. The molecule has 5 nitrogen and oxygen atoms in total. The summed E-state index contributed by atoms with van der Waals surface area (Å²) in [6, 6.07) is 0. The van der Waals surface area contributed by atoms with Gasteiger partial charge in [-0.05, 0) is 0 Å². The fourth-order valence-corrected chi connectivity index (χ4v) is 0.0577. The third-order valence-electron chi connectivity index (χ3n) is 0.626. The van der Waals surface area contributed by atoms with E-state index in [0.29, 0.717) is 0 Å². The molecular weight excluding hydrogens is 136 g/mol. The average Bonchev–Trinajstić information content (AvgIpc) is 2.03. The topological polar surface area (TPSA) is 98.7 Å². The van der Waals surface area contributed by atoms with Crippen LogP contribution in [0, 0.1) is 0 Å². The summed E-state index contributed by atoms with van der Waals surface area (Å²) in [6.45, 7) is 2.06. The van der Waals surface area contributed by atoms with Gasteiger partial charge in [0.05, 0.1) is 13.2 Å². The van der Waals surface area contributed by atoms with Crippen molar-refractivity contribution in [3.05, 3.63) is 0 Å². The van der Waals surface area contributed by atoms with Crippen LogP contribution in [0.4, 0.5) is 0 Å². The van der Waals surface area contributed by atoms with Gasteiger partial charge >= 0.3 is 0 Å². The Morgan fingerprint density at radius 2 is 1.70 bits per heavy atom. The van der Waals surface area contributed by atoms with Crippen LogP contribution in [0.1, 0.15) is 6.92 Å². The lowest BCUT2D eigenvalue weighted by Gasteiger charge is -1.96. The number of nitrogens with one attached hydrogen (secondary N) is 1. The van der Waals surface area contributed by atoms with E-state index in [0.717, 1.165) is 6.54 Å². The molecule has 0 bridgehead atoms. The van der Waals surface area contributed by atoms with Crippen LogP contribution in [-0.4, -0.2) is 41.2 Å². The molecule has 0 amide bonds. The summed E-state index contributed by atoms with van der Waals surface area (Å²) in [5.41, 5.74) is 2.43. The second kappa shape index (κ2) is 11.6. The van der Waals surface area contributed by atoms with Crippen molar-refractivity contribution in [2.45, 2.75) is 13.0 Å². The number of hydrazine groups is 1. The van der Waals surface area contributed by atoms with E-state index in [1.807, 2.05) is 6.92 Å². The van der Waals surface area contributed by atoms with E-state index < -0.39 is 6.10 Å². The summed E-state index contributed by atoms with van der Waals surface area (Å²) in [5, 5.41) is 24.0. The summed E-state index contributed by atoms with van der Waals surface area (Å²) in [6.07, 6.45) is -0.954. The second-order valence-corrected chi connectivity index (χ2v) is 1.58. The average molecular weight is 152 g/mol. The Bertz CT molecular complexity index is 48.2. The maximum absolute atomic E-state index is 8.17. The summed E-state index contributed by atoms with van der Waals surface area (Å²) in [7, 11) is 0. The SMILES string of the molecule is CCNN.OCC(O)CO. The van der Waals surface area contributed by atoms with Gasteiger partial charge in [-0.3, -0.25) is 11.3 Å². The zero-order valence-electron chi connectivity index (χ0n) is 6.12. The van der Waals surface area contributed by atoms with Gasteiger partial charge < -0.3 is 15.3 Å². The van der Waals surface area contributed by atoms with E-state index in [1.54, 1.807) is 0 Å². The summed E-state index contributed by atoms with van der Waals surface area (Å²) >= 11 is 0. The molecule has 0 rings (SSSR count). The summed E-state index contributed by atoms with van der Waals surface area (Å²) in [5.74, 6) is 4.78. The van der Waals surface area contributed by atoms with Gasteiger partial charge in [-0.1, -0.05) is 6.92 Å². The molecule has 0 atom stereocenters. The van der Waals surface area contributed by atoms with Gasteiger partial charge in [0.25, 0.3) is 0 Å². The standard InChI is InChI=1S/C3H8O3.C2H8N2/c4-1-3(6)2-5;1-2-4-3/h3-6H,1-2H2;4H,2-3H2,1H3. The van der Waals surface area contributed by atoms with Crippen LogP contribution >= 0.6 is 0 Å². The molecule has 0 heterocycles. The summed E-state index contributed by atoms with van der Waals surface area (Å²) in [4.78, 5) is 0. The molecule has 0 fully saturated rings. The first-order valence-corrected chi connectivity index (χ1v) is 3.06. The highest BCUT2D eigenvalue weighted by Gasteiger charge is 1.93. The lowest BCUT2D eigenvalue weighted by Crippen LogP contribution is -2.20. The van der Waals surface area contributed by atoms with Gasteiger partial charge in [-0.15, -0.1) is 0 Å². The normalized spacial score (nSPS) is 9.00. The van der Waals surface area contributed by atoms with E-state index in [2.05, 4.69) is 5.43 Å². The highest BCUT2D eigenvalue weighted by Crippen LogP contribution is 1.71. The molecule has 0 aromatic heterocycles. The van der Waals surface area contributed by atoms with Crippen molar-refractivity contribution in [2.75, 3.05) is 19.8 Å². The monoisotopic (exact) mass is 152 g/mol. The van der Waals surface area contributed by atoms with Crippen LogP contribution in [0.2, 0.25) is 0 Å². The molecule has 5 heteroatoms. The van der Waals surface area contributed by atoms with Crippen molar-refractivity contribution >= 4 is 0 Å². The van der Waals surface area contributed by atoms with Crippen LogP contribution in [-0.2, 0) is 0 Å². The molecular formula is C5H16N2O3. The molecule has 0 aromatic rings. The largest absolute Gasteiger partial charge is 0.394 e. The van der Waals surface area contributed by atoms with Crippen molar-refractivity contribution in [2.24, 2.45) is 5.84 Å². The number of aliphatic hydroxyl groups is 3. The van der Waals surface area contributed by atoms with Crippen molar-refractivity contribution in [3.63, 3.8) is 0 Å². The van der Waals surface area contributed by atoms with Crippen molar-refractivity contribution in [1.82, 2.24) is 5.43 Å². The van der Waals surface area contributed by atoms with E-state index in [4.69, 9.17) is 21.2 Å². The number of nitrogens with two attached hydrogens (primary N) is 1. The molecule has 0 aliphatic heterocycles. The molecule has 0 aliphatic rings. The first kappa shape index (κ1) is 12.5. The van der Waals surface area contributed by atoms with Crippen LogP contribution in [0.3, 0.4) is 0 Å². The second-order valence-electron chi connectivity index (χ2n) is 1.58. The minimum atomic E-state index is -0.954. The fraction of sp³-hybridized carbons (Fsp3) is 1.00. The first-order valence-electron chi connectivity index (χ1n) is 3.06. The third-order valence-corrected chi connectivity index (χ3v) is 0.626. The maximum Gasteiger partial charge on any atom is 0.100 e. The number of hydrogen-bond acceptors (Lipinski definition) is 5. The lowest BCUT2D eigenvalue weighted by molar-refractivity contribution is 0.0450. The smallest absolute Gasteiger partial charge is 0.100 e.